The van der Waals surface area contributed by atoms with Gasteiger partial charge in [0, 0.05) is 6.42 Å². The van der Waals surface area contributed by atoms with Crippen LogP contribution in [0.3, 0.4) is 0 Å². The van der Waals surface area contributed by atoms with Gasteiger partial charge in [0.15, 0.2) is 0 Å². The molecular formula is C12H14N2O. The van der Waals surface area contributed by atoms with Gasteiger partial charge in [0.1, 0.15) is 5.82 Å². The summed E-state index contributed by atoms with van der Waals surface area (Å²) in [7, 11) is 0. The number of hydrogen-bond acceptors (Lipinski definition) is 2. The molecule has 0 aliphatic carbocycles. The first-order valence-corrected chi connectivity index (χ1v) is 5.01. The maximum atomic E-state index is 8.78. The molecule has 0 aliphatic rings. The highest BCUT2D eigenvalue weighted by atomic mass is 16.3. The molecular weight excluding hydrogens is 188 g/mol. The summed E-state index contributed by atoms with van der Waals surface area (Å²) in [6.45, 7) is 2.19. The Labute approximate surface area is 88.8 Å². The lowest BCUT2D eigenvalue weighted by Crippen LogP contribution is -1.92. The molecule has 3 nitrogen and oxygen atoms in total. The maximum absolute atomic E-state index is 8.78. The van der Waals surface area contributed by atoms with Crippen molar-refractivity contribution in [3.05, 3.63) is 41.9 Å². The summed E-state index contributed by atoms with van der Waals surface area (Å²) in [5.41, 5.74) is 3.36. The van der Waals surface area contributed by atoms with Crippen LogP contribution in [0.15, 0.2) is 30.5 Å². The molecule has 0 saturated heterocycles. The van der Waals surface area contributed by atoms with Crippen molar-refractivity contribution < 1.29 is 5.11 Å². The lowest BCUT2D eigenvalue weighted by atomic mass is 10.1. The number of aromatic nitrogens is 2. The number of benzene rings is 1. The first-order chi connectivity index (χ1) is 7.29. The average Bonchev–Trinajstić information content (AvgIpc) is 2.67. The predicted octanol–water partition coefficient (Wildman–Crippen LogP) is 1.92. The van der Waals surface area contributed by atoms with E-state index in [0.717, 1.165) is 17.1 Å². The largest absolute Gasteiger partial charge is 0.396 e. The monoisotopic (exact) mass is 202 g/mol. The van der Waals surface area contributed by atoms with Crippen molar-refractivity contribution in [1.29, 1.82) is 0 Å². The minimum Gasteiger partial charge on any atom is -0.396 e. The van der Waals surface area contributed by atoms with Crippen molar-refractivity contribution in [2.24, 2.45) is 0 Å². The van der Waals surface area contributed by atoms with Crippen LogP contribution in [0.4, 0.5) is 0 Å². The second-order valence-electron chi connectivity index (χ2n) is 3.59. The Bertz CT molecular complexity index is 448. The van der Waals surface area contributed by atoms with Gasteiger partial charge in [-0.05, 0) is 18.6 Å². The number of aromatic amines is 1. The fourth-order valence-corrected chi connectivity index (χ4v) is 1.55. The van der Waals surface area contributed by atoms with Gasteiger partial charge in [-0.15, -0.1) is 0 Å². The number of aliphatic hydroxyl groups excluding tert-OH is 1. The van der Waals surface area contributed by atoms with Crippen LogP contribution in [0.25, 0.3) is 11.3 Å². The SMILES string of the molecule is Cc1cccc(-c2cnc(CCO)[nH]2)c1. The minimum absolute atomic E-state index is 0.126. The molecule has 15 heavy (non-hydrogen) atoms. The van der Waals surface area contributed by atoms with Crippen molar-refractivity contribution in [2.45, 2.75) is 13.3 Å². The Morgan fingerprint density at radius 1 is 1.40 bits per heavy atom. The number of hydrogen-bond donors (Lipinski definition) is 2. The highest BCUT2D eigenvalue weighted by Gasteiger charge is 2.02. The number of aliphatic hydroxyl groups is 1. The van der Waals surface area contributed by atoms with Crippen LogP contribution >= 0.6 is 0 Å². The summed E-state index contributed by atoms with van der Waals surface area (Å²) in [6.07, 6.45) is 2.38. The van der Waals surface area contributed by atoms with Crippen LogP contribution in [0.5, 0.6) is 0 Å². The molecule has 3 heteroatoms. The van der Waals surface area contributed by atoms with Gasteiger partial charge in [-0.25, -0.2) is 4.98 Å². The molecule has 1 heterocycles. The van der Waals surface area contributed by atoms with Crippen LogP contribution < -0.4 is 0 Å². The summed E-state index contributed by atoms with van der Waals surface area (Å²) in [5, 5.41) is 8.78. The van der Waals surface area contributed by atoms with Crippen LogP contribution in [0.2, 0.25) is 0 Å². The first kappa shape index (κ1) is 9.93. The summed E-state index contributed by atoms with van der Waals surface area (Å²) in [4.78, 5) is 7.38. The number of H-pyrrole nitrogens is 1. The second-order valence-corrected chi connectivity index (χ2v) is 3.59. The molecule has 2 aromatic rings. The van der Waals surface area contributed by atoms with Crippen LogP contribution in [-0.4, -0.2) is 21.7 Å². The number of aryl methyl sites for hydroxylation is 1. The molecule has 2 N–H and O–H groups in total. The molecule has 0 aliphatic heterocycles. The molecule has 0 atom stereocenters. The topological polar surface area (TPSA) is 48.9 Å². The third kappa shape index (κ3) is 2.25. The Hall–Kier alpha value is -1.61. The fourth-order valence-electron chi connectivity index (χ4n) is 1.55. The Morgan fingerprint density at radius 3 is 3.00 bits per heavy atom. The zero-order valence-corrected chi connectivity index (χ0v) is 8.70. The van der Waals surface area contributed by atoms with E-state index in [2.05, 4.69) is 29.0 Å². The average molecular weight is 202 g/mol. The summed E-state index contributed by atoms with van der Waals surface area (Å²) in [5.74, 6) is 0.828. The highest BCUT2D eigenvalue weighted by molar-refractivity contribution is 5.59. The van der Waals surface area contributed by atoms with Crippen molar-refractivity contribution in [2.75, 3.05) is 6.61 Å². The number of imidazole rings is 1. The fraction of sp³-hybridized carbons (Fsp3) is 0.250. The number of nitrogens with one attached hydrogen (secondary N) is 1. The van der Waals surface area contributed by atoms with Gasteiger partial charge in [0.2, 0.25) is 0 Å². The lowest BCUT2D eigenvalue weighted by molar-refractivity contribution is 0.297. The molecule has 1 aromatic heterocycles. The molecule has 0 radical (unpaired) electrons. The van der Waals surface area contributed by atoms with Crippen molar-refractivity contribution in [1.82, 2.24) is 9.97 Å². The van der Waals surface area contributed by atoms with E-state index in [4.69, 9.17) is 5.11 Å². The molecule has 0 spiro atoms. The molecule has 0 saturated carbocycles. The van der Waals surface area contributed by atoms with Crippen molar-refractivity contribution in [3.63, 3.8) is 0 Å². The van der Waals surface area contributed by atoms with Crippen molar-refractivity contribution in [3.8, 4) is 11.3 Å². The summed E-state index contributed by atoms with van der Waals surface area (Å²) >= 11 is 0. The van der Waals surface area contributed by atoms with E-state index in [-0.39, 0.29) is 6.61 Å². The van der Waals surface area contributed by atoms with Crippen LogP contribution in [-0.2, 0) is 6.42 Å². The molecule has 0 amide bonds. The van der Waals surface area contributed by atoms with Gasteiger partial charge in [-0.2, -0.15) is 0 Å². The van der Waals surface area contributed by atoms with E-state index in [1.807, 2.05) is 12.1 Å². The zero-order chi connectivity index (χ0) is 10.7. The molecule has 0 unspecified atom stereocenters. The van der Waals surface area contributed by atoms with Crippen molar-refractivity contribution >= 4 is 0 Å². The van der Waals surface area contributed by atoms with E-state index in [1.165, 1.54) is 5.56 Å². The minimum atomic E-state index is 0.126. The quantitative estimate of drug-likeness (QED) is 0.798. The third-order valence-corrected chi connectivity index (χ3v) is 2.31. The van der Waals surface area contributed by atoms with E-state index < -0.39 is 0 Å². The van der Waals surface area contributed by atoms with E-state index in [0.29, 0.717) is 6.42 Å². The Morgan fingerprint density at radius 2 is 2.27 bits per heavy atom. The number of rotatable bonds is 3. The molecule has 2 rings (SSSR count). The van der Waals surface area contributed by atoms with Gasteiger partial charge in [0.05, 0.1) is 18.5 Å². The molecule has 0 fully saturated rings. The van der Waals surface area contributed by atoms with Gasteiger partial charge < -0.3 is 10.1 Å². The van der Waals surface area contributed by atoms with E-state index in [1.54, 1.807) is 6.20 Å². The van der Waals surface area contributed by atoms with Gasteiger partial charge in [-0.3, -0.25) is 0 Å². The zero-order valence-electron chi connectivity index (χ0n) is 8.70. The number of nitrogens with zero attached hydrogens (tertiary/aromatic N) is 1. The molecule has 1 aromatic carbocycles. The predicted molar refractivity (Wildman–Crippen MR) is 59.6 cm³/mol. The lowest BCUT2D eigenvalue weighted by Gasteiger charge is -1.98. The van der Waals surface area contributed by atoms with Crippen LogP contribution in [0, 0.1) is 6.92 Å². The van der Waals surface area contributed by atoms with Gasteiger partial charge >= 0.3 is 0 Å². The molecule has 78 valence electrons. The highest BCUT2D eigenvalue weighted by Crippen LogP contribution is 2.17. The standard InChI is InChI=1S/C12H14N2O/c1-9-3-2-4-10(7-9)11-8-13-12(14-11)5-6-15/h2-4,7-8,15H,5-6H2,1H3,(H,13,14). The normalized spacial score (nSPS) is 10.5. The van der Waals surface area contributed by atoms with E-state index >= 15 is 0 Å². The summed E-state index contributed by atoms with van der Waals surface area (Å²) < 4.78 is 0. The summed E-state index contributed by atoms with van der Waals surface area (Å²) in [6, 6.07) is 8.24. The first-order valence-electron chi connectivity index (χ1n) is 5.01. The third-order valence-electron chi connectivity index (χ3n) is 2.31. The van der Waals surface area contributed by atoms with E-state index in [9.17, 15) is 0 Å². The Kier molecular flexibility index (Phi) is 2.83. The maximum Gasteiger partial charge on any atom is 0.108 e. The van der Waals surface area contributed by atoms with Gasteiger partial charge in [0.25, 0.3) is 0 Å². The van der Waals surface area contributed by atoms with Crippen LogP contribution in [0.1, 0.15) is 11.4 Å². The van der Waals surface area contributed by atoms with Gasteiger partial charge in [-0.1, -0.05) is 23.8 Å². The Balaban J connectivity index is 2.29. The smallest absolute Gasteiger partial charge is 0.108 e. The second kappa shape index (κ2) is 4.28. The molecule has 0 bridgehead atoms.